The summed E-state index contributed by atoms with van der Waals surface area (Å²) in [5, 5.41) is 18.8. The molecule has 1 aromatic rings. The summed E-state index contributed by atoms with van der Waals surface area (Å²) >= 11 is 0. The molecule has 0 amide bonds. The molecule has 0 aliphatic heterocycles. The molecule has 0 saturated carbocycles. The zero-order valence-corrected chi connectivity index (χ0v) is 10.4. The van der Waals surface area contributed by atoms with Crippen LogP contribution in [0.3, 0.4) is 0 Å². The van der Waals surface area contributed by atoms with Gasteiger partial charge in [-0.15, -0.1) is 9.78 Å². The van der Waals surface area contributed by atoms with E-state index in [2.05, 4.69) is 10.3 Å². The Bertz CT molecular complexity index is 390. The SMILES string of the molecule is CC(C)n1nnc(CC(C)(C)C)c1[N+](=O)[O-]. The van der Waals surface area contributed by atoms with Crippen LogP contribution in [0.25, 0.3) is 0 Å². The predicted octanol–water partition coefficient (Wildman–Crippen LogP) is 2.36. The Balaban J connectivity index is 3.16. The molecule has 0 aliphatic carbocycles. The highest BCUT2D eigenvalue weighted by Gasteiger charge is 2.28. The maximum Gasteiger partial charge on any atom is 0.368 e. The molecule has 0 spiro atoms. The Hall–Kier alpha value is -1.46. The van der Waals surface area contributed by atoms with Crippen LogP contribution in [0.5, 0.6) is 0 Å². The molecular formula is C10H18N4O2. The van der Waals surface area contributed by atoms with Crippen LogP contribution >= 0.6 is 0 Å². The van der Waals surface area contributed by atoms with Gasteiger partial charge in [0.2, 0.25) is 0 Å². The van der Waals surface area contributed by atoms with E-state index in [1.165, 1.54) is 4.68 Å². The van der Waals surface area contributed by atoms with Crippen molar-refractivity contribution in [3.8, 4) is 0 Å². The van der Waals surface area contributed by atoms with Crippen LogP contribution in [0, 0.1) is 15.5 Å². The van der Waals surface area contributed by atoms with Gasteiger partial charge in [-0.1, -0.05) is 20.8 Å². The van der Waals surface area contributed by atoms with E-state index in [-0.39, 0.29) is 17.3 Å². The molecule has 1 rings (SSSR count). The summed E-state index contributed by atoms with van der Waals surface area (Å²) in [7, 11) is 0. The van der Waals surface area contributed by atoms with E-state index in [1.807, 2.05) is 34.6 Å². The lowest BCUT2D eigenvalue weighted by Crippen LogP contribution is -2.12. The molecule has 6 heteroatoms. The van der Waals surface area contributed by atoms with Gasteiger partial charge in [0.25, 0.3) is 0 Å². The van der Waals surface area contributed by atoms with Crippen molar-refractivity contribution in [2.75, 3.05) is 0 Å². The van der Waals surface area contributed by atoms with Gasteiger partial charge in [-0.3, -0.25) is 0 Å². The summed E-state index contributed by atoms with van der Waals surface area (Å²) < 4.78 is 1.36. The fraction of sp³-hybridized carbons (Fsp3) is 0.800. The van der Waals surface area contributed by atoms with Crippen molar-refractivity contribution in [1.29, 1.82) is 0 Å². The van der Waals surface area contributed by atoms with Crippen LogP contribution in [0.1, 0.15) is 46.4 Å². The zero-order valence-electron chi connectivity index (χ0n) is 10.4. The van der Waals surface area contributed by atoms with Gasteiger partial charge in [0.05, 0.1) is 0 Å². The maximum atomic E-state index is 11.0. The summed E-state index contributed by atoms with van der Waals surface area (Å²) in [6.45, 7) is 9.76. The molecule has 16 heavy (non-hydrogen) atoms. The number of hydrogen-bond acceptors (Lipinski definition) is 4. The lowest BCUT2D eigenvalue weighted by Gasteiger charge is -2.15. The first kappa shape index (κ1) is 12.6. The predicted molar refractivity (Wildman–Crippen MR) is 60.2 cm³/mol. The molecule has 1 heterocycles. The standard InChI is InChI=1S/C10H18N4O2/c1-7(2)13-9(14(15)16)8(11-12-13)6-10(3,4)5/h7H,6H2,1-5H3. The lowest BCUT2D eigenvalue weighted by atomic mass is 9.90. The Labute approximate surface area is 94.8 Å². The van der Waals surface area contributed by atoms with Crippen LogP contribution in [-0.4, -0.2) is 19.9 Å². The van der Waals surface area contributed by atoms with Gasteiger partial charge in [0.15, 0.2) is 5.69 Å². The van der Waals surface area contributed by atoms with Gasteiger partial charge in [-0.2, -0.15) is 0 Å². The second kappa shape index (κ2) is 4.19. The van der Waals surface area contributed by atoms with E-state index in [0.717, 1.165) is 0 Å². The first-order chi connectivity index (χ1) is 7.22. The summed E-state index contributed by atoms with van der Waals surface area (Å²) in [5.41, 5.74) is 0.425. The average Bonchev–Trinajstić information content (AvgIpc) is 2.44. The van der Waals surface area contributed by atoms with Crippen molar-refractivity contribution in [2.24, 2.45) is 5.41 Å². The third kappa shape index (κ3) is 2.77. The van der Waals surface area contributed by atoms with Gasteiger partial charge in [0, 0.05) is 11.6 Å². The van der Waals surface area contributed by atoms with Crippen molar-refractivity contribution < 1.29 is 4.92 Å². The Morgan fingerprint density at radius 2 is 2.00 bits per heavy atom. The third-order valence-corrected chi connectivity index (χ3v) is 2.10. The largest absolute Gasteiger partial charge is 0.368 e. The van der Waals surface area contributed by atoms with Gasteiger partial charge in [0.1, 0.15) is 6.04 Å². The highest BCUT2D eigenvalue weighted by atomic mass is 16.6. The number of nitrogens with zero attached hydrogens (tertiary/aromatic N) is 4. The number of hydrogen-bond donors (Lipinski definition) is 0. The summed E-state index contributed by atoms with van der Waals surface area (Å²) in [6.07, 6.45) is 0.552. The topological polar surface area (TPSA) is 73.8 Å². The number of nitro groups is 1. The average molecular weight is 226 g/mol. The van der Waals surface area contributed by atoms with Crippen molar-refractivity contribution >= 4 is 5.82 Å². The minimum absolute atomic E-state index is 0.0184. The minimum Gasteiger partial charge on any atom is -0.358 e. The van der Waals surface area contributed by atoms with Crippen LogP contribution in [0.15, 0.2) is 0 Å². The van der Waals surface area contributed by atoms with E-state index in [4.69, 9.17) is 0 Å². The number of rotatable bonds is 3. The van der Waals surface area contributed by atoms with E-state index < -0.39 is 4.92 Å². The van der Waals surface area contributed by atoms with Gasteiger partial charge >= 0.3 is 5.82 Å². The van der Waals surface area contributed by atoms with E-state index >= 15 is 0 Å². The Kier molecular flexibility index (Phi) is 3.30. The van der Waals surface area contributed by atoms with Crippen LogP contribution in [0.2, 0.25) is 0 Å². The molecule has 0 unspecified atom stereocenters. The molecule has 0 fully saturated rings. The molecule has 0 saturated heterocycles. The first-order valence-electron chi connectivity index (χ1n) is 5.31. The summed E-state index contributed by atoms with van der Waals surface area (Å²) in [5.74, 6) is 0.0184. The van der Waals surface area contributed by atoms with Crippen LogP contribution in [0.4, 0.5) is 5.82 Å². The second-order valence-corrected chi connectivity index (χ2v) is 5.39. The maximum absolute atomic E-state index is 11.0. The van der Waals surface area contributed by atoms with Crippen LogP contribution < -0.4 is 0 Å². The van der Waals surface area contributed by atoms with Crippen molar-refractivity contribution in [3.05, 3.63) is 15.8 Å². The molecular weight excluding hydrogens is 208 g/mol. The van der Waals surface area contributed by atoms with Crippen molar-refractivity contribution in [1.82, 2.24) is 15.0 Å². The normalized spacial score (nSPS) is 12.1. The minimum atomic E-state index is -0.402. The van der Waals surface area contributed by atoms with Crippen LogP contribution in [-0.2, 0) is 6.42 Å². The van der Waals surface area contributed by atoms with Gasteiger partial charge in [-0.05, 0) is 24.2 Å². The van der Waals surface area contributed by atoms with Crippen molar-refractivity contribution in [3.63, 3.8) is 0 Å². The molecule has 0 aromatic carbocycles. The van der Waals surface area contributed by atoms with Gasteiger partial charge < -0.3 is 10.1 Å². The van der Waals surface area contributed by atoms with E-state index in [9.17, 15) is 10.1 Å². The third-order valence-electron chi connectivity index (χ3n) is 2.10. The van der Waals surface area contributed by atoms with Crippen molar-refractivity contribution in [2.45, 2.75) is 47.1 Å². The fourth-order valence-electron chi connectivity index (χ4n) is 1.48. The highest BCUT2D eigenvalue weighted by molar-refractivity contribution is 5.26. The molecule has 90 valence electrons. The Morgan fingerprint density at radius 3 is 2.38 bits per heavy atom. The lowest BCUT2D eigenvalue weighted by molar-refractivity contribution is -0.393. The monoisotopic (exact) mass is 226 g/mol. The molecule has 0 bridgehead atoms. The molecule has 1 aromatic heterocycles. The zero-order chi connectivity index (χ0) is 12.5. The molecule has 0 aliphatic rings. The highest BCUT2D eigenvalue weighted by Crippen LogP contribution is 2.27. The molecule has 0 atom stereocenters. The number of aromatic nitrogens is 3. The summed E-state index contributed by atoms with van der Waals surface area (Å²) in [6, 6.07) is -0.0541. The second-order valence-electron chi connectivity index (χ2n) is 5.39. The van der Waals surface area contributed by atoms with Gasteiger partial charge in [-0.25, -0.2) is 0 Å². The fourth-order valence-corrected chi connectivity index (χ4v) is 1.48. The first-order valence-corrected chi connectivity index (χ1v) is 5.31. The molecule has 0 radical (unpaired) electrons. The Morgan fingerprint density at radius 1 is 1.44 bits per heavy atom. The quantitative estimate of drug-likeness (QED) is 0.585. The molecule has 0 N–H and O–H groups in total. The summed E-state index contributed by atoms with van der Waals surface area (Å²) in [4.78, 5) is 10.6. The molecule has 6 nitrogen and oxygen atoms in total. The van der Waals surface area contributed by atoms with E-state index in [0.29, 0.717) is 12.1 Å². The van der Waals surface area contributed by atoms with E-state index in [1.54, 1.807) is 0 Å². The smallest absolute Gasteiger partial charge is 0.358 e.